The minimum atomic E-state index is -0.687. The topological polar surface area (TPSA) is 84.5 Å². The Hall–Kier alpha value is -2.93. The van der Waals surface area contributed by atoms with Gasteiger partial charge in [0.05, 0.1) is 19.1 Å². The van der Waals surface area contributed by atoms with Gasteiger partial charge in [0.25, 0.3) is 11.8 Å². The van der Waals surface area contributed by atoms with Crippen LogP contribution in [-0.4, -0.2) is 31.4 Å². The van der Waals surface area contributed by atoms with Crippen molar-refractivity contribution in [1.29, 1.82) is 0 Å². The van der Waals surface area contributed by atoms with Gasteiger partial charge in [0.1, 0.15) is 5.82 Å². The zero-order chi connectivity index (χ0) is 19.1. The Morgan fingerprint density at radius 1 is 1.08 bits per heavy atom. The molecule has 0 aromatic heterocycles. The van der Waals surface area contributed by atoms with Crippen LogP contribution in [0.3, 0.4) is 0 Å². The lowest BCUT2D eigenvalue weighted by molar-refractivity contribution is -0.140. The molecule has 26 heavy (non-hydrogen) atoms. The predicted molar refractivity (Wildman–Crippen MR) is 94.8 cm³/mol. The molecular formula is C18H16ClFN2O4. The number of methoxy groups -OCH3 is 1. The van der Waals surface area contributed by atoms with Crippen LogP contribution in [0.4, 0.5) is 10.1 Å². The van der Waals surface area contributed by atoms with Gasteiger partial charge in [-0.25, -0.2) is 4.39 Å². The summed E-state index contributed by atoms with van der Waals surface area (Å²) in [6.45, 7) is 0.151. The van der Waals surface area contributed by atoms with Crippen LogP contribution in [0, 0.1) is 5.82 Å². The maximum atomic E-state index is 13.7. The molecule has 0 heterocycles. The molecule has 6 nitrogen and oxygen atoms in total. The summed E-state index contributed by atoms with van der Waals surface area (Å²) in [6.07, 6.45) is 0.0710. The average molecular weight is 379 g/mol. The Labute approximate surface area is 154 Å². The lowest BCUT2D eigenvalue weighted by Gasteiger charge is -2.08. The van der Waals surface area contributed by atoms with Crippen LogP contribution in [0.1, 0.15) is 27.1 Å². The zero-order valence-electron chi connectivity index (χ0n) is 13.8. The highest BCUT2D eigenvalue weighted by Crippen LogP contribution is 2.17. The molecule has 0 saturated heterocycles. The first kappa shape index (κ1) is 19.4. The monoisotopic (exact) mass is 378 g/mol. The largest absolute Gasteiger partial charge is 0.469 e. The molecule has 0 aliphatic heterocycles. The highest BCUT2D eigenvalue weighted by molar-refractivity contribution is 6.31. The molecule has 2 aromatic carbocycles. The predicted octanol–water partition coefficient (Wildman–Crippen LogP) is 3.02. The normalized spacial score (nSPS) is 10.1. The van der Waals surface area contributed by atoms with E-state index in [0.29, 0.717) is 11.3 Å². The summed E-state index contributed by atoms with van der Waals surface area (Å²) < 4.78 is 18.2. The molecule has 0 fully saturated rings. The van der Waals surface area contributed by atoms with E-state index >= 15 is 0 Å². The maximum Gasteiger partial charge on any atom is 0.307 e. The Bertz CT molecular complexity index is 824. The third kappa shape index (κ3) is 5.29. The number of esters is 1. The van der Waals surface area contributed by atoms with Crippen molar-refractivity contribution in [2.45, 2.75) is 6.42 Å². The van der Waals surface area contributed by atoms with Gasteiger partial charge in [0.2, 0.25) is 0 Å². The molecule has 2 amide bonds. The molecule has 0 saturated carbocycles. The molecule has 2 rings (SSSR count). The quantitative estimate of drug-likeness (QED) is 0.757. The van der Waals surface area contributed by atoms with Gasteiger partial charge in [-0.3, -0.25) is 14.4 Å². The molecule has 0 aliphatic carbocycles. The highest BCUT2D eigenvalue weighted by Gasteiger charge is 2.13. The second kappa shape index (κ2) is 8.96. The number of carbonyl (C=O) groups is 3. The Kier molecular flexibility index (Phi) is 6.68. The number of nitrogens with one attached hydrogen (secondary N) is 2. The van der Waals surface area contributed by atoms with Crippen molar-refractivity contribution in [1.82, 2.24) is 5.32 Å². The van der Waals surface area contributed by atoms with Gasteiger partial charge >= 0.3 is 5.97 Å². The van der Waals surface area contributed by atoms with E-state index in [1.807, 2.05) is 0 Å². The fraction of sp³-hybridized carbons (Fsp3) is 0.167. The maximum absolute atomic E-state index is 13.7. The number of anilines is 1. The number of rotatable bonds is 6. The van der Waals surface area contributed by atoms with Crippen LogP contribution in [0.5, 0.6) is 0 Å². The molecule has 2 N–H and O–H groups in total. The van der Waals surface area contributed by atoms with Crippen molar-refractivity contribution >= 4 is 35.1 Å². The first-order valence-electron chi connectivity index (χ1n) is 7.62. The van der Waals surface area contributed by atoms with Crippen molar-refractivity contribution in [3.05, 3.63) is 64.4 Å². The summed E-state index contributed by atoms with van der Waals surface area (Å²) in [7, 11) is 1.27. The number of hydrogen-bond donors (Lipinski definition) is 2. The molecule has 136 valence electrons. The standard InChI is InChI=1S/C18H16ClFN2O4/c1-26-16(23)8-9-21-17(24)11-2-5-13(6-3-11)22-18(25)14-10-12(19)4-7-15(14)20/h2-7,10H,8-9H2,1H3,(H,21,24)(H,22,25). The molecule has 0 atom stereocenters. The number of halogens is 2. The van der Waals surface area contributed by atoms with E-state index in [9.17, 15) is 18.8 Å². The van der Waals surface area contributed by atoms with E-state index in [-0.39, 0.29) is 29.5 Å². The van der Waals surface area contributed by atoms with Crippen molar-refractivity contribution in [2.24, 2.45) is 0 Å². The molecule has 0 bridgehead atoms. The number of ether oxygens (including phenoxy) is 1. The summed E-state index contributed by atoms with van der Waals surface area (Å²) in [5.74, 6) is -2.13. The minimum Gasteiger partial charge on any atom is -0.469 e. The summed E-state index contributed by atoms with van der Waals surface area (Å²) in [5.41, 5.74) is 0.560. The third-order valence-corrected chi connectivity index (χ3v) is 3.66. The van der Waals surface area contributed by atoms with Gasteiger partial charge in [-0.15, -0.1) is 0 Å². The Morgan fingerprint density at radius 3 is 2.42 bits per heavy atom. The summed E-state index contributed by atoms with van der Waals surface area (Å²) >= 11 is 5.77. The molecule has 8 heteroatoms. The van der Waals surface area contributed by atoms with Crippen LogP contribution in [-0.2, 0) is 9.53 Å². The number of amides is 2. The summed E-state index contributed by atoms with van der Waals surface area (Å²) in [4.78, 5) is 35.0. The number of benzene rings is 2. The smallest absolute Gasteiger partial charge is 0.307 e. The van der Waals surface area contributed by atoms with Crippen LogP contribution < -0.4 is 10.6 Å². The van der Waals surface area contributed by atoms with E-state index in [2.05, 4.69) is 15.4 Å². The second-order valence-corrected chi connectivity index (χ2v) is 5.67. The van der Waals surface area contributed by atoms with E-state index < -0.39 is 17.7 Å². The van der Waals surface area contributed by atoms with Crippen LogP contribution >= 0.6 is 11.6 Å². The average Bonchev–Trinajstić information content (AvgIpc) is 2.63. The first-order valence-corrected chi connectivity index (χ1v) is 8.00. The van der Waals surface area contributed by atoms with Gasteiger partial charge < -0.3 is 15.4 Å². The van der Waals surface area contributed by atoms with Crippen molar-refractivity contribution in [2.75, 3.05) is 19.0 Å². The van der Waals surface area contributed by atoms with Crippen LogP contribution in [0.15, 0.2) is 42.5 Å². The lowest BCUT2D eigenvalue weighted by atomic mass is 10.1. The van der Waals surface area contributed by atoms with E-state index in [4.69, 9.17) is 11.6 Å². The zero-order valence-corrected chi connectivity index (χ0v) is 14.6. The lowest BCUT2D eigenvalue weighted by Crippen LogP contribution is -2.26. The fourth-order valence-corrected chi connectivity index (χ4v) is 2.23. The van der Waals surface area contributed by atoms with Crippen LogP contribution in [0.2, 0.25) is 5.02 Å². The highest BCUT2D eigenvalue weighted by atomic mass is 35.5. The van der Waals surface area contributed by atoms with Gasteiger partial charge in [-0.2, -0.15) is 0 Å². The van der Waals surface area contributed by atoms with Gasteiger partial charge in [0, 0.05) is 22.8 Å². The summed E-state index contributed by atoms with van der Waals surface area (Å²) in [5, 5.41) is 5.35. The van der Waals surface area contributed by atoms with E-state index in [1.54, 1.807) is 0 Å². The van der Waals surface area contributed by atoms with Gasteiger partial charge in [-0.1, -0.05) is 11.6 Å². The Morgan fingerprint density at radius 2 is 1.77 bits per heavy atom. The van der Waals surface area contributed by atoms with Crippen LogP contribution in [0.25, 0.3) is 0 Å². The summed E-state index contributed by atoms with van der Waals surface area (Å²) in [6, 6.07) is 9.70. The molecular weight excluding hydrogens is 363 g/mol. The number of carbonyl (C=O) groups excluding carboxylic acids is 3. The Balaban J connectivity index is 1.96. The molecule has 2 aromatic rings. The second-order valence-electron chi connectivity index (χ2n) is 5.24. The molecule has 0 aliphatic rings. The van der Waals surface area contributed by atoms with Crippen molar-refractivity contribution in [3.8, 4) is 0 Å². The van der Waals surface area contributed by atoms with Gasteiger partial charge in [0.15, 0.2) is 0 Å². The molecule has 0 unspecified atom stereocenters. The SMILES string of the molecule is COC(=O)CCNC(=O)c1ccc(NC(=O)c2cc(Cl)ccc2F)cc1. The first-order chi connectivity index (χ1) is 12.4. The fourth-order valence-electron chi connectivity index (χ4n) is 2.06. The third-order valence-electron chi connectivity index (χ3n) is 3.42. The van der Waals surface area contributed by atoms with E-state index in [1.165, 1.54) is 43.5 Å². The van der Waals surface area contributed by atoms with Crippen molar-refractivity contribution in [3.63, 3.8) is 0 Å². The minimum absolute atomic E-state index is 0.0710. The molecule has 0 radical (unpaired) electrons. The number of hydrogen-bond acceptors (Lipinski definition) is 4. The molecule has 0 spiro atoms. The van der Waals surface area contributed by atoms with Gasteiger partial charge in [-0.05, 0) is 42.5 Å². The van der Waals surface area contributed by atoms with E-state index in [0.717, 1.165) is 6.07 Å². The van der Waals surface area contributed by atoms with Crippen molar-refractivity contribution < 1.29 is 23.5 Å².